The molecular weight excluding hydrogens is 276 g/mol. The highest BCUT2D eigenvalue weighted by Crippen LogP contribution is 2.12. The van der Waals surface area contributed by atoms with Crippen LogP contribution in [0.2, 0.25) is 0 Å². The average molecular weight is 308 g/mol. The summed E-state index contributed by atoms with van der Waals surface area (Å²) in [5.41, 5.74) is 3.53. The van der Waals surface area contributed by atoms with Crippen LogP contribution in [-0.4, -0.2) is 31.3 Å². The molecule has 0 saturated carbocycles. The van der Waals surface area contributed by atoms with E-state index in [-0.39, 0.29) is 6.61 Å². The van der Waals surface area contributed by atoms with Crippen molar-refractivity contribution in [3.05, 3.63) is 35.4 Å². The number of hydrogen-bond acceptors (Lipinski definition) is 3. The van der Waals surface area contributed by atoms with E-state index in [0.29, 0.717) is 12.5 Å². The number of hydrogen-bond donors (Lipinski definition) is 1. The molecule has 5 nitrogen and oxygen atoms in total. The molecule has 0 atom stereocenters. The molecule has 0 spiro atoms. The minimum atomic E-state index is 0.154. The van der Waals surface area contributed by atoms with Gasteiger partial charge in [-0.1, -0.05) is 34.1 Å². The van der Waals surface area contributed by atoms with Gasteiger partial charge in [0.1, 0.15) is 0 Å². The monoisotopic (exact) mass is 308 g/mol. The van der Waals surface area contributed by atoms with Crippen molar-refractivity contribution in [2.75, 3.05) is 6.61 Å². The molecule has 2 aromatic heterocycles. The first-order valence-corrected chi connectivity index (χ1v) is 7.96. The first kappa shape index (κ1) is 20.4. The molecule has 22 heavy (non-hydrogen) atoms. The fourth-order valence-electron chi connectivity index (χ4n) is 1.56. The maximum Gasteiger partial charge on any atom is 0.0652 e. The van der Waals surface area contributed by atoms with Crippen LogP contribution < -0.4 is 0 Å². The molecule has 0 unspecified atom stereocenters. The van der Waals surface area contributed by atoms with Gasteiger partial charge in [-0.15, -0.1) is 0 Å². The molecule has 1 N–H and O–H groups in total. The number of aryl methyl sites for hydroxylation is 3. The molecule has 5 heteroatoms. The van der Waals surface area contributed by atoms with Gasteiger partial charge >= 0.3 is 0 Å². The molecule has 126 valence electrons. The van der Waals surface area contributed by atoms with E-state index in [1.165, 1.54) is 17.8 Å². The van der Waals surface area contributed by atoms with Crippen molar-refractivity contribution in [1.82, 2.24) is 19.6 Å². The maximum absolute atomic E-state index is 8.47. The molecular formula is C17H32N4O. The largest absolute Gasteiger partial charge is 0.394 e. The highest BCUT2D eigenvalue weighted by Gasteiger charge is 2.03. The molecule has 0 aliphatic rings. The molecule has 0 saturated heterocycles. The van der Waals surface area contributed by atoms with Gasteiger partial charge in [0.05, 0.1) is 25.0 Å². The quantitative estimate of drug-likeness (QED) is 0.945. The number of nitrogens with zero attached hydrogens (tertiary/aromatic N) is 4. The van der Waals surface area contributed by atoms with Crippen molar-refractivity contribution in [3.63, 3.8) is 0 Å². The van der Waals surface area contributed by atoms with Gasteiger partial charge in [-0.2, -0.15) is 10.2 Å². The summed E-state index contributed by atoms with van der Waals surface area (Å²) in [6.07, 6.45) is 4.92. The van der Waals surface area contributed by atoms with E-state index in [4.69, 9.17) is 5.11 Å². The second kappa shape index (κ2) is 11.0. The predicted octanol–water partition coefficient (Wildman–Crippen LogP) is 3.45. The van der Waals surface area contributed by atoms with Gasteiger partial charge < -0.3 is 5.11 Å². The van der Waals surface area contributed by atoms with Crippen LogP contribution in [0.25, 0.3) is 0 Å². The maximum atomic E-state index is 8.47. The first-order chi connectivity index (χ1) is 10.3. The summed E-state index contributed by atoms with van der Waals surface area (Å²) < 4.78 is 3.63. The SMILES string of the molecule is CCC.Cc1cc(C(C)C)nn1C.Cc1cnn(CCO)c1. The molecule has 2 heterocycles. The lowest BCUT2D eigenvalue weighted by Gasteiger charge is -1.95. The third-order valence-electron chi connectivity index (χ3n) is 2.82. The number of aliphatic hydroxyl groups is 1. The van der Waals surface area contributed by atoms with E-state index in [2.05, 4.69) is 50.9 Å². The van der Waals surface area contributed by atoms with Gasteiger partial charge in [-0.05, 0) is 31.4 Å². The number of aromatic nitrogens is 4. The zero-order chi connectivity index (χ0) is 17.1. The molecule has 0 amide bonds. The summed E-state index contributed by atoms with van der Waals surface area (Å²) in [6, 6.07) is 2.13. The van der Waals surface area contributed by atoms with Crippen molar-refractivity contribution in [2.45, 2.75) is 60.4 Å². The predicted molar refractivity (Wildman–Crippen MR) is 92.0 cm³/mol. The minimum absolute atomic E-state index is 0.154. The van der Waals surface area contributed by atoms with E-state index >= 15 is 0 Å². The van der Waals surface area contributed by atoms with E-state index < -0.39 is 0 Å². The standard InChI is InChI=1S/C8H14N2.C6H10N2O.C3H8/c1-6(2)8-5-7(3)10(4)9-8;1-6-4-7-8(5-6)2-3-9;1-3-2/h5-6H,1-4H3;4-5,9H,2-3H2,1H3;3H2,1-2H3. The average Bonchev–Trinajstić information content (AvgIpc) is 2.99. The van der Waals surface area contributed by atoms with Crippen LogP contribution in [0.1, 0.15) is 57.0 Å². The van der Waals surface area contributed by atoms with Gasteiger partial charge in [0.15, 0.2) is 0 Å². The Kier molecular flexibility index (Phi) is 10.2. The topological polar surface area (TPSA) is 55.9 Å². The van der Waals surface area contributed by atoms with Crippen LogP contribution in [0.3, 0.4) is 0 Å². The lowest BCUT2D eigenvalue weighted by atomic mass is 10.1. The van der Waals surface area contributed by atoms with Crippen molar-refractivity contribution in [2.24, 2.45) is 7.05 Å². The second-order valence-corrected chi connectivity index (χ2v) is 5.70. The van der Waals surface area contributed by atoms with Crippen LogP contribution in [0.4, 0.5) is 0 Å². The molecule has 0 aliphatic heterocycles. The lowest BCUT2D eigenvalue weighted by Crippen LogP contribution is -2.01. The van der Waals surface area contributed by atoms with Crippen molar-refractivity contribution >= 4 is 0 Å². The summed E-state index contributed by atoms with van der Waals surface area (Å²) in [5, 5.41) is 16.8. The minimum Gasteiger partial charge on any atom is -0.394 e. The van der Waals surface area contributed by atoms with Crippen LogP contribution in [0, 0.1) is 13.8 Å². The molecule has 2 aromatic rings. The van der Waals surface area contributed by atoms with Crippen LogP contribution in [-0.2, 0) is 13.6 Å². The summed E-state index contributed by atoms with van der Waals surface area (Å²) in [5.74, 6) is 0.542. The molecule has 0 aromatic carbocycles. The van der Waals surface area contributed by atoms with E-state index in [1.807, 2.05) is 24.9 Å². The van der Waals surface area contributed by atoms with Crippen molar-refractivity contribution in [1.29, 1.82) is 0 Å². The normalized spacial score (nSPS) is 9.86. The smallest absolute Gasteiger partial charge is 0.0652 e. The highest BCUT2D eigenvalue weighted by atomic mass is 16.3. The van der Waals surface area contributed by atoms with Crippen LogP contribution in [0.15, 0.2) is 18.5 Å². The van der Waals surface area contributed by atoms with Crippen LogP contribution >= 0.6 is 0 Å². The van der Waals surface area contributed by atoms with E-state index in [9.17, 15) is 0 Å². The highest BCUT2D eigenvalue weighted by molar-refractivity contribution is 5.11. The fraction of sp³-hybridized carbons (Fsp3) is 0.647. The summed E-state index contributed by atoms with van der Waals surface area (Å²) in [7, 11) is 1.97. The lowest BCUT2D eigenvalue weighted by molar-refractivity contribution is 0.269. The van der Waals surface area contributed by atoms with Gasteiger partial charge in [-0.25, -0.2) is 0 Å². The summed E-state index contributed by atoms with van der Waals surface area (Å²) >= 11 is 0. The Morgan fingerprint density at radius 1 is 1.23 bits per heavy atom. The zero-order valence-corrected chi connectivity index (χ0v) is 15.2. The van der Waals surface area contributed by atoms with Gasteiger partial charge in [-0.3, -0.25) is 9.36 Å². The Morgan fingerprint density at radius 3 is 2.09 bits per heavy atom. The van der Waals surface area contributed by atoms with Crippen molar-refractivity contribution < 1.29 is 5.11 Å². The Morgan fingerprint density at radius 2 is 1.82 bits per heavy atom. The Hall–Kier alpha value is -1.62. The molecule has 2 rings (SSSR count). The second-order valence-electron chi connectivity index (χ2n) is 5.70. The third-order valence-corrected chi connectivity index (χ3v) is 2.82. The Balaban J connectivity index is 0.000000342. The van der Waals surface area contributed by atoms with E-state index in [1.54, 1.807) is 10.9 Å². The van der Waals surface area contributed by atoms with Gasteiger partial charge in [0, 0.05) is 18.9 Å². The van der Waals surface area contributed by atoms with Crippen molar-refractivity contribution in [3.8, 4) is 0 Å². The van der Waals surface area contributed by atoms with E-state index in [0.717, 1.165) is 5.56 Å². The fourth-order valence-corrected chi connectivity index (χ4v) is 1.56. The number of aliphatic hydroxyl groups excluding tert-OH is 1. The molecule has 0 fully saturated rings. The van der Waals surface area contributed by atoms with Gasteiger partial charge in [0.2, 0.25) is 0 Å². The first-order valence-electron chi connectivity index (χ1n) is 7.96. The summed E-state index contributed by atoms with van der Waals surface area (Å²) in [6.45, 7) is 13.3. The summed E-state index contributed by atoms with van der Waals surface area (Å²) in [4.78, 5) is 0. The Bertz CT molecular complexity index is 495. The number of rotatable bonds is 3. The third kappa shape index (κ3) is 7.98. The molecule has 0 bridgehead atoms. The Labute approximate surface area is 135 Å². The van der Waals surface area contributed by atoms with Gasteiger partial charge in [0.25, 0.3) is 0 Å². The molecule has 0 radical (unpaired) electrons. The zero-order valence-electron chi connectivity index (χ0n) is 15.2. The van der Waals surface area contributed by atoms with Crippen LogP contribution in [0.5, 0.6) is 0 Å². The molecule has 0 aliphatic carbocycles.